The minimum Gasteiger partial charge on any atom is -0.497 e. The zero-order valence-corrected chi connectivity index (χ0v) is 11.7. The van der Waals surface area contributed by atoms with Crippen molar-refractivity contribution in [1.29, 1.82) is 0 Å². The molecule has 0 spiro atoms. The number of carboxylic acids is 1. The van der Waals surface area contributed by atoms with Crippen molar-refractivity contribution in [1.82, 2.24) is 5.32 Å². The van der Waals surface area contributed by atoms with Crippen LogP contribution in [0.1, 0.15) is 24.0 Å². The maximum absolute atomic E-state index is 11.9. The van der Waals surface area contributed by atoms with Crippen LogP contribution in [0, 0.1) is 18.8 Å². The van der Waals surface area contributed by atoms with Crippen LogP contribution < -0.4 is 10.1 Å². The third kappa shape index (κ3) is 3.10. The van der Waals surface area contributed by atoms with E-state index in [1.807, 2.05) is 25.1 Å². The fraction of sp³-hybridized carbons (Fsp3) is 0.467. The molecular weight excluding hydrogens is 258 g/mol. The number of hydrogen-bond acceptors (Lipinski definition) is 3. The molecule has 1 aromatic rings. The number of amides is 1. The van der Waals surface area contributed by atoms with Crippen LogP contribution in [0.25, 0.3) is 0 Å². The molecule has 0 aliphatic heterocycles. The van der Waals surface area contributed by atoms with Gasteiger partial charge in [-0.25, -0.2) is 0 Å². The molecule has 20 heavy (non-hydrogen) atoms. The molecule has 1 fully saturated rings. The van der Waals surface area contributed by atoms with Crippen molar-refractivity contribution in [3.05, 3.63) is 29.3 Å². The molecule has 1 aromatic carbocycles. The molecular formula is C15H19NO4. The summed E-state index contributed by atoms with van der Waals surface area (Å²) in [5.41, 5.74) is 2.00. The number of ether oxygens (including phenoxy) is 1. The molecule has 1 amide bonds. The van der Waals surface area contributed by atoms with Gasteiger partial charge in [0.25, 0.3) is 0 Å². The second-order valence-electron chi connectivity index (χ2n) is 5.20. The van der Waals surface area contributed by atoms with Crippen LogP contribution in [-0.4, -0.2) is 24.1 Å². The molecule has 0 bridgehead atoms. The Morgan fingerprint density at radius 3 is 2.55 bits per heavy atom. The van der Waals surface area contributed by atoms with Crippen molar-refractivity contribution in [2.45, 2.75) is 26.3 Å². The van der Waals surface area contributed by atoms with E-state index in [4.69, 9.17) is 9.84 Å². The number of carbonyl (C=O) groups excluding carboxylic acids is 1. The van der Waals surface area contributed by atoms with E-state index in [1.54, 1.807) is 7.11 Å². The Balaban J connectivity index is 1.93. The van der Waals surface area contributed by atoms with Gasteiger partial charge < -0.3 is 15.2 Å². The molecule has 0 saturated heterocycles. The van der Waals surface area contributed by atoms with Crippen molar-refractivity contribution in [2.75, 3.05) is 7.11 Å². The van der Waals surface area contributed by atoms with Gasteiger partial charge >= 0.3 is 5.97 Å². The summed E-state index contributed by atoms with van der Waals surface area (Å²) >= 11 is 0. The first-order valence-corrected chi connectivity index (χ1v) is 6.66. The van der Waals surface area contributed by atoms with Crippen LogP contribution in [0.4, 0.5) is 0 Å². The second kappa shape index (κ2) is 5.94. The van der Waals surface area contributed by atoms with Crippen LogP contribution in [0.5, 0.6) is 5.75 Å². The monoisotopic (exact) mass is 277 g/mol. The first-order chi connectivity index (χ1) is 9.51. The average molecular weight is 277 g/mol. The van der Waals surface area contributed by atoms with Crippen LogP contribution in [0.3, 0.4) is 0 Å². The molecule has 0 aromatic heterocycles. The summed E-state index contributed by atoms with van der Waals surface area (Å²) in [6, 6.07) is 5.75. The lowest BCUT2D eigenvalue weighted by Gasteiger charge is -2.31. The summed E-state index contributed by atoms with van der Waals surface area (Å²) in [7, 11) is 1.60. The van der Waals surface area contributed by atoms with Crippen molar-refractivity contribution in [3.8, 4) is 5.75 Å². The third-order valence-electron chi connectivity index (χ3n) is 3.74. The summed E-state index contributed by atoms with van der Waals surface area (Å²) < 4.78 is 5.18. The molecule has 0 radical (unpaired) electrons. The van der Waals surface area contributed by atoms with Gasteiger partial charge in [0, 0.05) is 6.54 Å². The lowest BCUT2D eigenvalue weighted by atomic mass is 9.73. The molecule has 1 aliphatic carbocycles. The number of carboxylic acid groups (broad SMARTS) is 1. The Hall–Kier alpha value is -2.04. The van der Waals surface area contributed by atoms with E-state index in [0.29, 0.717) is 19.4 Å². The van der Waals surface area contributed by atoms with Gasteiger partial charge in [0.15, 0.2) is 0 Å². The highest BCUT2D eigenvalue weighted by Gasteiger charge is 2.41. The Bertz CT molecular complexity index is 527. The van der Waals surface area contributed by atoms with E-state index in [-0.39, 0.29) is 11.8 Å². The van der Waals surface area contributed by atoms with E-state index >= 15 is 0 Å². The van der Waals surface area contributed by atoms with Crippen LogP contribution in [0.2, 0.25) is 0 Å². The van der Waals surface area contributed by atoms with Gasteiger partial charge in [0.1, 0.15) is 5.75 Å². The molecule has 2 rings (SSSR count). The molecule has 1 saturated carbocycles. The molecule has 2 unspecified atom stereocenters. The highest BCUT2D eigenvalue weighted by molar-refractivity contribution is 5.86. The normalized spacial score (nSPS) is 20.9. The number of aliphatic carboxylic acids is 1. The Kier molecular flexibility index (Phi) is 4.27. The zero-order valence-electron chi connectivity index (χ0n) is 11.7. The molecule has 2 N–H and O–H groups in total. The first-order valence-electron chi connectivity index (χ1n) is 6.66. The molecule has 108 valence electrons. The molecule has 2 atom stereocenters. The summed E-state index contributed by atoms with van der Waals surface area (Å²) in [6.45, 7) is 2.35. The minimum atomic E-state index is -0.881. The van der Waals surface area contributed by atoms with Gasteiger partial charge in [-0.05, 0) is 43.0 Å². The van der Waals surface area contributed by atoms with Gasteiger partial charge in [0.05, 0.1) is 18.9 Å². The van der Waals surface area contributed by atoms with Crippen molar-refractivity contribution in [2.24, 2.45) is 11.8 Å². The van der Waals surface area contributed by atoms with Crippen LogP contribution >= 0.6 is 0 Å². The number of nitrogens with one attached hydrogen (secondary N) is 1. The fourth-order valence-corrected chi connectivity index (χ4v) is 2.47. The number of carbonyl (C=O) groups is 2. The van der Waals surface area contributed by atoms with Gasteiger partial charge in [-0.3, -0.25) is 9.59 Å². The van der Waals surface area contributed by atoms with E-state index in [9.17, 15) is 9.59 Å². The maximum atomic E-state index is 11.9. The highest BCUT2D eigenvalue weighted by atomic mass is 16.5. The Labute approximate surface area is 117 Å². The Morgan fingerprint density at radius 2 is 2.00 bits per heavy atom. The van der Waals surface area contributed by atoms with E-state index in [2.05, 4.69) is 5.32 Å². The maximum Gasteiger partial charge on any atom is 0.307 e. The molecule has 5 heteroatoms. The number of aryl methyl sites for hydroxylation is 1. The predicted molar refractivity (Wildman–Crippen MR) is 73.4 cm³/mol. The zero-order chi connectivity index (χ0) is 14.7. The fourth-order valence-electron chi connectivity index (χ4n) is 2.47. The summed E-state index contributed by atoms with van der Waals surface area (Å²) in [6.07, 6.45) is 1.24. The SMILES string of the molecule is COc1cc(C)cc(CNC(=O)C2CCC2C(=O)O)c1. The predicted octanol–water partition coefficient (Wildman–Crippen LogP) is 1.73. The second-order valence-corrected chi connectivity index (χ2v) is 5.20. The lowest BCUT2D eigenvalue weighted by Crippen LogP contribution is -2.43. The average Bonchev–Trinajstić information content (AvgIpc) is 2.33. The largest absolute Gasteiger partial charge is 0.497 e. The number of methoxy groups -OCH3 is 1. The van der Waals surface area contributed by atoms with Gasteiger partial charge in [0.2, 0.25) is 5.91 Å². The van der Waals surface area contributed by atoms with E-state index in [1.165, 1.54) is 0 Å². The van der Waals surface area contributed by atoms with Crippen molar-refractivity contribution >= 4 is 11.9 Å². The smallest absolute Gasteiger partial charge is 0.307 e. The van der Waals surface area contributed by atoms with Gasteiger partial charge in [-0.15, -0.1) is 0 Å². The molecule has 0 heterocycles. The number of benzene rings is 1. The van der Waals surface area contributed by atoms with Gasteiger partial charge in [-0.1, -0.05) is 6.07 Å². The van der Waals surface area contributed by atoms with Crippen molar-refractivity contribution < 1.29 is 19.4 Å². The van der Waals surface area contributed by atoms with E-state index < -0.39 is 11.9 Å². The quantitative estimate of drug-likeness (QED) is 0.859. The highest BCUT2D eigenvalue weighted by Crippen LogP contribution is 2.34. The third-order valence-corrected chi connectivity index (χ3v) is 3.74. The Morgan fingerprint density at radius 1 is 1.30 bits per heavy atom. The van der Waals surface area contributed by atoms with Gasteiger partial charge in [-0.2, -0.15) is 0 Å². The number of rotatable bonds is 5. The standard InChI is InChI=1S/C15H19NO4/c1-9-5-10(7-11(6-9)20-2)8-16-14(17)12-3-4-13(12)15(18)19/h5-7,12-13H,3-4,8H2,1-2H3,(H,16,17)(H,18,19). The molecule has 1 aliphatic rings. The summed E-state index contributed by atoms with van der Waals surface area (Å²) in [5.74, 6) is -1.22. The first kappa shape index (κ1) is 14.4. The van der Waals surface area contributed by atoms with E-state index in [0.717, 1.165) is 16.9 Å². The molecule has 5 nitrogen and oxygen atoms in total. The lowest BCUT2D eigenvalue weighted by molar-refractivity contribution is -0.152. The minimum absolute atomic E-state index is 0.177. The van der Waals surface area contributed by atoms with Crippen LogP contribution in [-0.2, 0) is 16.1 Å². The topological polar surface area (TPSA) is 75.6 Å². The number of hydrogen-bond donors (Lipinski definition) is 2. The summed E-state index contributed by atoms with van der Waals surface area (Å²) in [5, 5.41) is 11.8. The summed E-state index contributed by atoms with van der Waals surface area (Å²) in [4.78, 5) is 22.8. The van der Waals surface area contributed by atoms with Crippen molar-refractivity contribution in [3.63, 3.8) is 0 Å². The van der Waals surface area contributed by atoms with Crippen LogP contribution in [0.15, 0.2) is 18.2 Å².